The fraction of sp³-hybridized carbons (Fsp3) is 0.400. The molecule has 4 rings (SSSR count). The number of H-pyrrole nitrogens is 1. The topological polar surface area (TPSA) is 87.3 Å². The minimum absolute atomic E-state index is 0.00724. The second kappa shape index (κ2) is 9.42. The molecule has 0 radical (unpaired) electrons. The van der Waals surface area contributed by atoms with Gasteiger partial charge >= 0.3 is 0 Å². The second-order valence-electron chi connectivity index (χ2n) is 8.69. The van der Waals surface area contributed by atoms with Crippen molar-refractivity contribution in [2.75, 3.05) is 13.1 Å². The number of aromatic nitrogens is 2. The average Bonchev–Trinajstić information content (AvgIpc) is 3.27. The molecule has 168 valence electrons. The summed E-state index contributed by atoms with van der Waals surface area (Å²) in [6, 6.07) is 13.4. The van der Waals surface area contributed by atoms with Gasteiger partial charge in [-0.1, -0.05) is 26.0 Å². The molecule has 2 N–H and O–H groups in total. The Morgan fingerprint density at radius 1 is 1.09 bits per heavy atom. The predicted molar refractivity (Wildman–Crippen MR) is 124 cm³/mol. The predicted octanol–water partition coefficient (Wildman–Crippen LogP) is 3.87. The smallest absolute Gasteiger partial charge is 0.260 e. The Kier molecular flexibility index (Phi) is 6.44. The van der Waals surface area contributed by atoms with Gasteiger partial charge in [0.05, 0.1) is 17.4 Å². The van der Waals surface area contributed by atoms with Crippen LogP contribution in [0.25, 0.3) is 11.0 Å². The van der Waals surface area contributed by atoms with Crippen LogP contribution in [-0.4, -0.2) is 51.9 Å². The molecule has 7 nitrogen and oxygen atoms in total. The number of amides is 2. The van der Waals surface area contributed by atoms with E-state index in [9.17, 15) is 9.59 Å². The van der Waals surface area contributed by atoms with E-state index in [1.165, 1.54) is 5.56 Å². The van der Waals surface area contributed by atoms with E-state index in [-0.39, 0.29) is 17.9 Å². The van der Waals surface area contributed by atoms with Crippen LogP contribution < -0.4 is 10.1 Å². The molecule has 2 heterocycles. The fourth-order valence-electron chi connectivity index (χ4n) is 3.99. The monoisotopic (exact) mass is 434 g/mol. The van der Waals surface area contributed by atoms with Crippen molar-refractivity contribution in [1.29, 1.82) is 0 Å². The Morgan fingerprint density at radius 2 is 1.81 bits per heavy atom. The highest BCUT2D eigenvalue weighted by atomic mass is 16.5. The number of nitrogens with one attached hydrogen (secondary N) is 2. The fourth-order valence-corrected chi connectivity index (χ4v) is 3.99. The van der Waals surface area contributed by atoms with Crippen LogP contribution in [0.4, 0.5) is 0 Å². The lowest BCUT2D eigenvalue weighted by Crippen LogP contribution is -2.49. The average molecular weight is 435 g/mol. The lowest BCUT2D eigenvalue weighted by atomic mass is 10.0. The number of benzene rings is 2. The quantitative estimate of drug-likeness (QED) is 0.616. The normalized spacial score (nSPS) is 15.7. The molecule has 1 fully saturated rings. The van der Waals surface area contributed by atoms with Crippen molar-refractivity contribution >= 4 is 22.8 Å². The molecule has 0 spiro atoms. The number of likely N-dealkylation sites (tertiary alicyclic amines) is 1. The summed E-state index contributed by atoms with van der Waals surface area (Å²) < 4.78 is 5.81. The third-order valence-corrected chi connectivity index (χ3v) is 6.02. The van der Waals surface area contributed by atoms with Gasteiger partial charge < -0.3 is 19.9 Å². The van der Waals surface area contributed by atoms with Gasteiger partial charge in [-0.15, -0.1) is 0 Å². The minimum Gasteiger partial charge on any atom is -0.481 e. The number of hydrogen-bond donors (Lipinski definition) is 2. The van der Waals surface area contributed by atoms with Gasteiger partial charge in [0.2, 0.25) is 0 Å². The first-order valence-corrected chi connectivity index (χ1v) is 11.2. The Hall–Kier alpha value is -3.35. The van der Waals surface area contributed by atoms with Crippen LogP contribution in [0.1, 0.15) is 55.5 Å². The standard InChI is InChI=1S/C25H30N4O3/c1-16(2)18-4-7-21(8-5-18)32-17(3)24(30)28-20-10-12-29(13-11-20)25(31)19-6-9-22-23(14-19)27-15-26-22/h4-9,14-17,20H,10-13H2,1-3H3,(H,26,27)(H,28,30). The second-order valence-corrected chi connectivity index (χ2v) is 8.69. The minimum atomic E-state index is -0.583. The number of hydrogen-bond acceptors (Lipinski definition) is 4. The number of rotatable bonds is 6. The van der Waals surface area contributed by atoms with Crippen molar-refractivity contribution in [2.45, 2.75) is 51.7 Å². The van der Waals surface area contributed by atoms with Crippen LogP contribution in [0.3, 0.4) is 0 Å². The van der Waals surface area contributed by atoms with Crippen LogP contribution >= 0.6 is 0 Å². The summed E-state index contributed by atoms with van der Waals surface area (Å²) in [5, 5.41) is 3.07. The Balaban J connectivity index is 1.26. The third kappa shape index (κ3) is 4.93. The molecule has 0 saturated carbocycles. The highest BCUT2D eigenvalue weighted by Crippen LogP contribution is 2.20. The SMILES string of the molecule is CC(Oc1ccc(C(C)C)cc1)C(=O)NC1CCN(C(=O)c2ccc3nc[nH]c3c2)CC1. The number of carbonyl (C=O) groups excluding carboxylic acids is 2. The van der Waals surface area contributed by atoms with E-state index >= 15 is 0 Å². The van der Waals surface area contributed by atoms with Crippen molar-refractivity contribution in [3.05, 3.63) is 59.9 Å². The van der Waals surface area contributed by atoms with Gasteiger partial charge in [-0.3, -0.25) is 9.59 Å². The van der Waals surface area contributed by atoms with E-state index in [2.05, 4.69) is 29.1 Å². The molecule has 0 bridgehead atoms. The Labute approximate surface area is 188 Å². The molecule has 3 aromatic rings. The van der Waals surface area contributed by atoms with Crippen molar-refractivity contribution in [2.24, 2.45) is 0 Å². The van der Waals surface area contributed by atoms with E-state index < -0.39 is 6.10 Å². The lowest BCUT2D eigenvalue weighted by Gasteiger charge is -2.33. The third-order valence-electron chi connectivity index (χ3n) is 6.02. The first-order chi connectivity index (χ1) is 15.4. The molecular weight excluding hydrogens is 404 g/mol. The number of ether oxygens (including phenoxy) is 1. The summed E-state index contributed by atoms with van der Waals surface area (Å²) in [6.07, 6.45) is 2.48. The first kappa shape index (κ1) is 21.9. The largest absolute Gasteiger partial charge is 0.481 e. The summed E-state index contributed by atoms with van der Waals surface area (Å²) in [6.45, 7) is 7.26. The van der Waals surface area contributed by atoms with E-state index in [4.69, 9.17) is 4.74 Å². The highest BCUT2D eigenvalue weighted by molar-refractivity contribution is 5.97. The number of fused-ring (bicyclic) bond motifs is 1. The van der Waals surface area contributed by atoms with Gasteiger partial charge in [0, 0.05) is 24.7 Å². The van der Waals surface area contributed by atoms with E-state index in [1.54, 1.807) is 13.3 Å². The maximum atomic E-state index is 12.9. The number of imidazole rings is 1. The molecule has 2 aromatic carbocycles. The number of nitrogens with zero attached hydrogens (tertiary/aromatic N) is 2. The van der Waals surface area contributed by atoms with Crippen molar-refractivity contribution in [3.8, 4) is 5.75 Å². The van der Waals surface area contributed by atoms with Gasteiger partial charge in [-0.25, -0.2) is 4.98 Å². The maximum Gasteiger partial charge on any atom is 0.260 e. The zero-order chi connectivity index (χ0) is 22.7. The molecule has 7 heteroatoms. The molecule has 1 saturated heterocycles. The zero-order valence-electron chi connectivity index (χ0n) is 18.8. The van der Waals surface area contributed by atoms with Crippen LogP contribution in [0, 0.1) is 0 Å². The molecule has 1 atom stereocenters. The van der Waals surface area contributed by atoms with Crippen LogP contribution in [0.5, 0.6) is 5.75 Å². The van der Waals surface area contributed by atoms with Crippen molar-refractivity contribution in [3.63, 3.8) is 0 Å². The molecule has 32 heavy (non-hydrogen) atoms. The molecule has 2 amide bonds. The summed E-state index contributed by atoms with van der Waals surface area (Å²) in [4.78, 5) is 34.5. The van der Waals surface area contributed by atoms with Gasteiger partial charge in [0.1, 0.15) is 5.75 Å². The summed E-state index contributed by atoms with van der Waals surface area (Å²) in [7, 11) is 0. The van der Waals surface area contributed by atoms with Crippen LogP contribution in [0.2, 0.25) is 0 Å². The summed E-state index contributed by atoms with van der Waals surface area (Å²) in [5.74, 6) is 1.02. The molecule has 1 unspecified atom stereocenters. The molecule has 1 aromatic heterocycles. The lowest BCUT2D eigenvalue weighted by molar-refractivity contribution is -0.128. The Morgan fingerprint density at radius 3 is 2.50 bits per heavy atom. The van der Waals surface area contributed by atoms with Gasteiger partial charge in [-0.2, -0.15) is 0 Å². The number of carbonyl (C=O) groups is 2. The molecule has 1 aliphatic rings. The maximum absolute atomic E-state index is 12.9. The van der Waals surface area contributed by atoms with Gasteiger partial charge in [0.25, 0.3) is 11.8 Å². The van der Waals surface area contributed by atoms with E-state index in [0.29, 0.717) is 30.3 Å². The summed E-state index contributed by atoms with van der Waals surface area (Å²) >= 11 is 0. The van der Waals surface area contributed by atoms with Crippen molar-refractivity contribution < 1.29 is 14.3 Å². The van der Waals surface area contributed by atoms with Crippen molar-refractivity contribution in [1.82, 2.24) is 20.2 Å². The molecular formula is C25H30N4O3. The van der Waals surface area contributed by atoms with E-state index in [1.807, 2.05) is 47.4 Å². The van der Waals surface area contributed by atoms with Gasteiger partial charge in [-0.05, 0) is 61.6 Å². The zero-order valence-corrected chi connectivity index (χ0v) is 18.8. The first-order valence-electron chi connectivity index (χ1n) is 11.2. The van der Waals surface area contributed by atoms with Gasteiger partial charge in [0.15, 0.2) is 6.10 Å². The van der Waals surface area contributed by atoms with Crippen LogP contribution in [0.15, 0.2) is 48.8 Å². The Bertz CT molecular complexity index is 1080. The highest BCUT2D eigenvalue weighted by Gasteiger charge is 2.26. The van der Waals surface area contributed by atoms with E-state index in [0.717, 1.165) is 23.9 Å². The molecule has 0 aliphatic carbocycles. The molecule has 1 aliphatic heterocycles. The van der Waals surface area contributed by atoms with Crippen LogP contribution in [-0.2, 0) is 4.79 Å². The summed E-state index contributed by atoms with van der Waals surface area (Å²) in [5.41, 5.74) is 3.58. The number of piperidine rings is 1. The number of aromatic amines is 1.